The maximum absolute atomic E-state index is 5.55. The Bertz CT molecular complexity index is 377. The van der Waals surface area contributed by atoms with Crippen molar-refractivity contribution in [1.29, 1.82) is 0 Å². The molecular weight excluding hydrogens is 226 g/mol. The Morgan fingerprint density at radius 3 is 2.39 bits per heavy atom. The van der Waals surface area contributed by atoms with E-state index in [0.29, 0.717) is 6.01 Å². The van der Waals surface area contributed by atoms with Crippen molar-refractivity contribution in [2.24, 2.45) is 0 Å². The summed E-state index contributed by atoms with van der Waals surface area (Å²) >= 11 is 0. The Hall–Kier alpha value is -1.03. The lowest BCUT2D eigenvalue weighted by Gasteiger charge is -2.33. The molecule has 0 aliphatic carbocycles. The summed E-state index contributed by atoms with van der Waals surface area (Å²) in [6.45, 7) is 13.7. The van der Waals surface area contributed by atoms with E-state index in [1.165, 1.54) is 0 Å². The molecule has 1 aromatic heterocycles. The van der Waals surface area contributed by atoms with E-state index in [-0.39, 0.29) is 11.1 Å². The Labute approximate surface area is 111 Å². The maximum Gasteiger partial charge on any atom is 0.297 e. The summed E-state index contributed by atoms with van der Waals surface area (Å²) in [5.74, 6) is 0. The van der Waals surface area contributed by atoms with E-state index in [2.05, 4.69) is 56.7 Å². The Balaban J connectivity index is 2.69. The fourth-order valence-corrected chi connectivity index (χ4v) is 1.38. The number of nitrogens with zero attached hydrogens (tertiary/aromatic N) is 2. The lowest BCUT2D eigenvalue weighted by Crippen LogP contribution is -2.40. The molecule has 0 amide bonds. The van der Waals surface area contributed by atoms with Crippen LogP contribution in [0.1, 0.15) is 53.7 Å². The van der Waals surface area contributed by atoms with Crippen LogP contribution in [-0.4, -0.2) is 23.1 Å². The predicted molar refractivity (Wildman–Crippen MR) is 75.9 cm³/mol. The fraction of sp³-hybridized carbons (Fsp3) is 0.786. The van der Waals surface area contributed by atoms with Crippen molar-refractivity contribution in [3.63, 3.8) is 0 Å². The molecule has 4 nitrogen and oxygen atoms in total. The van der Waals surface area contributed by atoms with Crippen LogP contribution < -0.4 is 10.2 Å². The summed E-state index contributed by atoms with van der Waals surface area (Å²) in [6, 6.07) is 0.688. The molecular formula is C14H27N3O. The number of aromatic nitrogens is 1. The standard InChI is InChI=1S/C14H27N3O/c1-8-14(5,6)17(7)12-16-11(10-18-12)9-15-13(2,3)4/h10,15H,8-9H2,1-7H3. The van der Waals surface area contributed by atoms with E-state index < -0.39 is 0 Å². The van der Waals surface area contributed by atoms with Gasteiger partial charge in [-0.1, -0.05) is 6.92 Å². The van der Waals surface area contributed by atoms with Crippen molar-refractivity contribution >= 4 is 6.01 Å². The van der Waals surface area contributed by atoms with E-state index in [1.807, 2.05) is 7.05 Å². The normalized spacial score (nSPS) is 12.8. The minimum atomic E-state index is 0.0551. The molecule has 0 aliphatic heterocycles. The molecule has 4 heteroatoms. The molecule has 1 N–H and O–H groups in total. The molecule has 1 heterocycles. The lowest BCUT2D eigenvalue weighted by molar-refractivity contribution is 0.420. The van der Waals surface area contributed by atoms with Crippen LogP contribution in [0.2, 0.25) is 0 Å². The molecule has 0 aliphatic rings. The third-order valence-electron chi connectivity index (χ3n) is 3.40. The predicted octanol–water partition coefficient (Wildman–Crippen LogP) is 3.19. The van der Waals surface area contributed by atoms with Crippen molar-refractivity contribution in [2.45, 2.75) is 65.6 Å². The van der Waals surface area contributed by atoms with Crippen LogP contribution in [0.5, 0.6) is 0 Å². The van der Waals surface area contributed by atoms with Gasteiger partial charge in [-0.25, -0.2) is 0 Å². The Morgan fingerprint density at radius 2 is 1.89 bits per heavy atom. The highest BCUT2D eigenvalue weighted by atomic mass is 16.4. The molecule has 0 saturated heterocycles. The molecule has 0 fully saturated rings. The maximum atomic E-state index is 5.55. The third-order valence-corrected chi connectivity index (χ3v) is 3.40. The average Bonchev–Trinajstić information content (AvgIpc) is 2.73. The van der Waals surface area contributed by atoms with Crippen molar-refractivity contribution in [1.82, 2.24) is 10.3 Å². The zero-order valence-electron chi connectivity index (χ0n) is 12.8. The molecule has 0 spiro atoms. The second kappa shape index (κ2) is 5.31. The first-order chi connectivity index (χ1) is 8.15. The molecule has 1 aromatic rings. The largest absolute Gasteiger partial charge is 0.432 e. The summed E-state index contributed by atoms with van der Waals surface area (Å²) in [5, 5.41) is 3.40. The minimum Gasteiger partial charge on any atom is -0.432 e. The molecule has 0 radical (unpaired) electrons. The SMILES string of the molecule is CCC(C)(C)N(C)c1nc(CNC(C)(C)C)co1. The monoisotopic (exact) mass is 253 g/mol. The van der Waals surface area contributed by atoms with Crippen LogP contribution in [0.15, 0.2) is 10.7 Å². The summed E-state index contributed by atoms with van der Waals surface area (Å²) in [4.78, 5) is 6.62. The minimum absolute atomic E-state index is 0.0551. The average molecular weight is 253 g/mol. The first kappa shape index (κ1) is 15.0. The van der Waals surface area contributed by atoms with Gasteiger partial charge in [0.2, 0.25) is 0 Å². The number of oxazole rings is 1. The summed E-state index contributed by atoms with van der Waals surface area (Å²) in [7, 11) is 2.02. The van der Waals surface area contributed by atoms with Gasteiger partial charge < -0.3 is 14.6 Å². The number of hydrogen-bond acceptors (Lipinski definition) is 4. The van der Waals surface area contributed by atoms with Gasteiger partial charge in [-0.15, -0.1) is 0 Å². The van der Waals surface area contributed by atoms with Gasteiger partial charge in [0.05, 0.1) is 5.69 Å². The zero-order valence-corrected chi connectivity index (χ0v) is 12.8. The van der Waals surface area contributed by atoms with Crippen molar-refractivity contribution in [2.75, 3.05) is 11.9 Å². The summed E-state index contributed by atoms with van der Waals surface area (Å²) < 4.78 is 5.55. The summed E-state index contributed by atoms with van der Waals surface area (Å²) in [5.41, 5.74) is 1.09. The van der Waals surface area contributed by atoms with Crippen LogP contribution in [0.4, 0.5) is 6.01 Å². The van der Waals surface area contributed by atoms with Gasteiger partial charge in [0, 0.05) is 24.7 Å². The van der Waals surface area contributed by atoms with Gasteiger partial charge in [-0.3, -0.25) is 0 Å². The van der Waals surface area contributed by atoms with E-state index in [0.717, 1.165) is 18.7 Å². The van der Waals surface area contributed by atoms with Gasteiger partial charge in [0.25, 0.3) is 6.01 Å². The second-order valence-corrected chi connectivity index (χ2v) is 6.45. The molecule has 104 valence electrons. The van der Waals surface area contributed by atoms with Crippen LogP contribution in [-0.2, 0) is 6.54 Å². The van der Waals surface area contributed by atoms with E-state index >= 15 is 0 Å². The second-order valence-electron chi connectivity index (χ2n) is 6.45. The Morgan fingerprint density at radius 1 is 1.28 bits per heavy atom. The van der Waals surface area contributed by atoms with Crippen LogP contribution in [0.25, 0.3) is 0 Å². The first-order valence-electron chi connectivity index (χ1n) is 6.59. The molecule has 0 unspecified atom stereocenters. The van der Waals surface area contributed by atoms with Crippen molar-refractivity contribution in [3.05, 3.63) is 12.0 Å². The van der Waals surface area contributed by atoms with Crippen molar-refractivity contribution in [3.8, 4) is 0 Å². The smallest absolute Gasteiger partial charge is 0.297 e. The first-order valence-corrected chi connectivity index (χ1v) is 6.59. The van der Waals surface area contributed by atoms with Gasteiger partial charge in [0.1, 0.15) is 6.26 Å². The molecule has 0 bridgehead atoms. The van der Waals surface area contributed by atoms with Crippen LogP contribution in [0.3, 0.4) is 0 Å². The number of rotatable bonds is 5. The van der Waals surface area contributed by atoms with Gasteiger partial charge in [0.15, 0.2) is 0 Å². The lowest BCUT2D eigenvalue weighted by atomic mass is 10.0. The highest BCUT2D eigenvalue weighted by molar-refractivity contribution is 5.30. The Kier molecular flexibility index (Phi) is 4.43. The quantitative estimate of drug-likeness (QED) is 0.875. The topological polar surface area (TPSA) is 41.3 Å². The van der Waals surface area contributed by atoms with Crippen molar-refractivity contribution < 1.29 is 4.42 Å². The number of anilines is 1. The summed E-state index contributed by atoms with van der Waals surface area (Å²) in [6.07, 6.45) is 2.78. The molecule has 0 saturated carbocycles. The van der Waals surface area contributed by atoms with Crippen LogP contribution in [0, 0.1) is 0 Å². The molecule has 0 aromatic carbocycles. The highest BCUT2D eigenvalue weighted by Gasteiger charge is 2.25. The highest BCUT2D eigenvalue weighted by Crippen LogP contribution is 2.24. The van der Waals surface area contributed by atoms with Gasteiger partial charge in [-0.05, 0) is 41.0 Å². The third kappa shape index (κ3) is 4.02. The fourth-order valence-electron chi connectivity index (χ4n) is 1.38. The molecule has 18 heavy (non-hydrogen) atoms. The van der Waals surface area contributed by atoms with Gasteiger partial charge >= 0.3 is 0 Å². The zero-order chi connectivity index (χ0) is 14.0. The van der Waals surface area contributed by atoms with E-state index in [1.54, 1.807) is 6.26 Å². The van der Waals surface area contributed by atoms with E-state index in [9.17, 15) is 0 Å². The van der Waals surface area contributed by atoms with Crippen LogP contribution >= 0.6 is 0 Å². The molecule has 0 atom stereocenters. The molecule has 1 rings (SSSR count). The number of nitrogens with one attached hydrogen (secondary N) is 1. The van der Waals surface area contributed by atoms with Gasteiger partial charge in [-0.2, -0.15) is 4.98 Å². The number of hydrogen-bond donors (Lipinski definition) is 1. The van der Waals surface area contributed by atoms with E-state index in [4.69, 9.17) is 4.42 Å².